The third-order valence-electron chi connectivity index (χ3n) is 3.89. The molecule has 0 amide bonds. The Morgan fingerprint density at radius 2 is 2.14 bits per heavy atom. The molecule has 3 rings (SSSR count). The number of aryl methyl sites for hydroxylation is 1. The van der Waals surface area contributed by atoms with Crippen molar-refractivity contribution in [1.82, 2.24) is 4.98 Å². The van der Waals surface area contributed by atoms with Crippen molar-refractivity contribution in [2.75, 3.05) is 0 Å². The number of benzene rings is 1. The Kier molecular flexibility index (Phi) is 3.86. The van der Waals surface area contributed by atoms with Crippen molar-refractivity contribution >= 4 is 5.71 Å². The summed E-state index contributed by atoms with van der Waals surface area (Å²) in [6.45, 7) is 2.48. The number of hydrogen-bond acceptors (Lipinski definition) is 4. The first-order valence-corrected chi connectivity index (χ1v) is 7.16. The summed E-state index contributed by atoms with van der Waals surface area (Å²) in [5.74, 6) is 0.860. The minimum atomic E-state index is 0.453. The van der Waals surface area contributed by atoms with E-state index in [2.05, 4.69) is 10.1 Å². The highest BCUT2D eigenvalue weighted by atomic mass is 16.5. The van der Waals surface area contributed by atoms with Crippen LogP contribution in [0.5, 0.6) is 5.75 Å². The molecule has 0 radical (unpaired) electrons. The molecular formula is C17H18N2O2. The average Bonchev–Trinajstić information content (AvgIpc) is 2.53. The summed E-state index contributed by atoms with van der Waals surface area (Å²) in [6.07, 6.45) is 4.52. The molecule has 1 aliphatic carbocycles. The van der Waals surface area contributed by atoms with Crippen molar-refractivity contribution in [3.63, 3.8) is 0 Å². The van der Waals surface area contributed by atoms with Crippen LogP contribution >= 0.6 is 0 Å². The summed E-state index contributed by atoms with van der Waals surface area (Å²) in [4.78, 5) is 4.35. The molecule has 0 bridgehead atoms. The highest BCUT2D eigenvalue weighted by molar-refractivity contribution is 6.02. The van der Waals surface area contributed by atoms with Gasteiger partial charge in [0.15, 0.2) is 0 Å². The number of hydrogen-bond donors (Lipinski definition) is 1. The second kappa shape index (κ2) is 5.95. The molecule has 21 heavy (non-hydrogen) atoms. The zero-order chi connectivity index (χ0) is 14.7. The molecule has 0 atom stereocenters. The van der Waals surface area contributed by atoms with Crippen molar-refractivity contribution < 1.29 is 9.94 Å². The van der Waals surface area contributed by atoms with Gasteiger partial charge in [0.2, 0.25) is 0 Å². The molecule has 1 aliphatic rings. The molecule has 0 saturated carbocycles. The van der Waals surface area contributed by atoms with E-state index in [0.29, 0.717) is 6.61 Å². The fraction of sp³-hybridized carbons (Fsp3) is 0.294. The van der Waals surface area contributed by atoms with Crippen LogP contribution in [0.1, 0.15) is 35.2 Å². The zero-order valence-corrected chi connectivity index (χ0v) is 12.0. The molecule has 4 heteroatoms. The predicted octanol–water partition coefficient (Wildman–Crippen LogP) is 3.48. The van der Waals surface area contributed by atoms with Gasteiger partial charge in [0, 0.05) is 17.3 Å². The summed E-state index contributed by atoms with van der Waals surface area (Å²) in [6, 6.07) is 9.85. The van der Waals surface area contributed by atoms with Crippen molar-refractivity contribution in [1.29, 1.82) is 0 Å². The average molecular weight is 282 g/mol. The minimum Gasteiger partial charge on any atom is -0.487 e. The Morgan fingerprint density at radius 3 is 2.95 bits per heavy atom. The van der Waals surface area contributed by atoms with E-state index < -0.39 is 0 Å². The normalized spacial score (nSPS) is 15.8. The summed E-state index contributed by atoms with van der Waals surface area (Å²) in [5, 5.41) is 12.5. The molecule has 0 spiro atoms. The molecule has 1 aromatic heterocycles. The van der Waals surface area contributed by atoms with Crippen LogP contribution in [0, 0.1) is 6.92 Å². The van der Waals surface area contributed by atoms with Gasteiger partial charge in [-0.1, -0.05) is 23.4 Å². The second-order valence-corrected chi connectivity index (χ2v) is 5.24. The largest absolute Gasteiger partial charge is 0.487 e. The smallest absolute Gasteiger partial charge is 0.130 e. The monoisotopic (exact) mass is 282 g/mol. The van der Waals surface area contributed by atoms with E-state index in [1.165, 1.54) is 0 Å². The molecule has 0 fully saturated rings. The first-order chi connectivity index (χ1) is 10.3. The number of rotatable bonds is 3. The van der Waals surface area contributed by atoms with Crippen LogP contribution in [0.2, 0.25) is 0 Å². The van der Waals surface area contributed by atoms with Gasteiger partial charge in [-0.2, -0.15) is 0 Å². The molecule has 4 nitrogen and oxygen atoms in total. The Hall–Kier alpha value is -2.36. The fourth-order valence-electron chi connectivity index (χ4n) is 2.72. The Labute approximate surface area is 124 Å². The van der Waals surface area contributed by atoms with Crippen molar-refractivity contribution in [2.24, 2.45) is 5.16 Å². The van der Waals surface area contributed by atoms with E-state index in [9.17, 15) is 0 Å². The molecule has 1 N–H and O–H groups in total. The van der Waals surface area contributed by atoms with Gasteiger partial charge in [0.1, 0.15) is 12.4 Å². The molecule has 1 heterocycles. The van der Waals surface area contributed by atoms with E-state index >= 15 is 0 Å². The maximum atomic E-state index is 9.11. The second-order valence-electron chi connectivity index (χ2n) is 5.24. The van der Waals surface area contributed by atoms with Crippen molar-refractivity contribution in [3.05, 3.63) is 58.9 Å². The number of pyridine rings is 1. The van der Waals surface area contributed by atoms with Crippen LogP contribution in [0.15, 0.2) is 41.7 Å². The standard InChI is InChI=1S/C17H18N2O2/c1-12-5-4-10-18-16(12)11-21-17-9-3-6-13-14(17)7-2-8-15(13)19-20/h3-6,9-10,20H,2,7-8,11H2,1H3/b19-15+. The molecule has 1 aromatic carbocycles. The van der Waals surface area contributed by atoms with Crippen molar-refractivity contribution in [3.8, 4) is 5.75 Å². The van der Waals surface area contributed by atoms with E-state index in [-0.39, 0.29) is 0 Å². The van der Waals surface area contributed by atoms with Gasteiger partial charge in [0.25, 0.3) is 0 Å². The fourth-order valence-corrected chi connectivity index (χ4v) is 2.72. The summed E-state index contributed by atoms with van der Waals surface area (Å²) >= 11 is 0. The Morgan fingerprint density at radius 1 is 1.24 bits per heavy atom. The number of aromatic nitrogens is 1. The summed E-state index contributed by atoms with van der Waals surface area (Å²) < 4.78 is 5.96. The summed E-state index contributed by atoms with van der Waals surface area (Å²) in [7, 11) is 0. The molecule has 0 saturated heterocycles. The van der Waals surface area contributed by atoms with Crippen LogP contribution in [0.4, 0.5) is 0 Å². The first-order valence-electron chi connectivity index (χ1n) is 7.16. The number of nitrogens with zero attached hydrogens (tertiary/aromatic N) is 2. The molecule has 2 aromatic rings. The van der Waals surface area contributed by atoms with Gasteiger partial charge in [-0.3, -0.25) is 4.98 Å². The van der Waals surface area contributed by atoms with Crippen molar-refractivity contribution in [2.45, 2.75) is 32.8 Å². The van der Waals surface area contributed by atoms with E-state index in [1.54, 1.807) is 6.20 Å². The van der Waals surface area contributed by atoms with Crippen LogP contribution in [0.25, 0.3) is 0 Å². The maximum Gasteiger partial charge on any atom is 0.130 e. The minimum absolute atomic E-state index is 0.453. The molecular weight excluding hydrogens is 264 g/mol. The highest BCUT2D eigenvalue weighted by Gasteiger charge is 2.19. The van der Waals surface area contributed by atoms with Gasteiger partial charge in [-0.05, 0) is 43.9 Å². The van der Waals surface area contributed by atoms with Gasteiger partial charge < -0.3 is 9.94 Å². The zero-order valence-electron chi connectivity index (χ0n) is 12.0. The molecule has 0 unspecified atom stereocenters. The van der Waals surface area contributed by atoms with Crippen LogP contribution in [-0.2, 0) is 13.0 Å². The third-order valence-corrected chi connectivity index (χ3v) is 3.89. The van der Waals surface area contributed by atoms with Gasteiger partial charge in [0.05, 0.1) is 11.4 Å². The topological polar surface area (TPSA) is 54.7 Å². The lowest BCUT2D eigenvalue weighted by molar-refractivity contribution is 0.296. The number of fused-ring (bicyclic) bond motifs is 1. The SMILES string of the molecule is Cc1cccnc1COc1cccc2c1CCC/C2=N\O. The van der Waals surface area contributed by atoms with Crippen LogP contribution in [-0.4, -0.2) is 15.9 Å². The predicted molar refractivity (Wildman–Crippen MR) is 81.0 cm³/mol. The van der Waals surface area contributed by atoms with E-state index in [0.717, 1.165) is 53.1 Å². The summed E-state index contributed by atoms with van der Waals surface area (Å²) in [5.41, 5.74) is 4.95. The number of ether oxygens (including phenoxy) is 1. The molecule has 108 valence electrons. The maximum absolute atomic E-state index is 9.11. The van der Waals surface area contributed by atoms with Gasteiger partial charge in [-0.15, -0.1) is 0 Å². The lowest BCUT2D eigenvalue weighted by Crippen LogP contribution is -2.13. The molecule has 0 aliphatic heterocycles. The third kappa shape index (κ3) is 2.75. The first kappa shape index (κ1) is 13.6. The quantitative estimate of drug-likeness (QED) is 0.692. The van der Waals surface area contributed by atoms with Crippen LogP contribution < -0.4 is 4.74 Å². The highest BCUT2D eigenvalue weighted by Crippen LogP contribution is 2.30. The Bertz CT molecular complexity index is 680. The van der Waals surface area contributed by atoms with Gasteiger partial charge in [-0.25, -0.2) is 0 Å². The lowest BCUT2D eigenvalue weighted by Gasteiger charge is -2.20. The van der Waals surface area contributed by atoms with Crippen LogP contribution in [0.3, 0.4) is 0 Å². The lowest BCUT2D eigenvalue weighted by atomic mass is 9.89. The number of oxime groups is 1. The van der Waals surface area contributed by atoms with E-state index in [4.69, 9.17) is 9.94 Å². The van der Waals surface area contributed by atoms with E-state index in [1.807, 2.05) is 37.3 Å². The van der Waals surface area contributed by atoms with Gasteiger partial charge >= 0.3 is 0 Å². The Balaban J connectivity index is 1.85.